The molecule has 0 aromatic heterocycles. The molecule has 5 rings (SSSR count). The molecule has 1 unspecified atom stereocenters. The van der Waals surface area contributed by atoms with Crippen molar-refractivity contribution < 1.29 is 19.1 Å². The molecule has 0 aliphatic rings. The average Bonchev–Trinajstić information content (AvgIpc) is 3.13. The van der Waals surface area contributed by atoms with Gasteiger partial charge in [0.2, 0.25) is 5.91 Å². The summed E-state index contributed by atoms with van der Waals surface area (Å²) in [6, 6.07) is 39.0. The van der Waals surface area contributed by atoms with Gasteiger partial charge in [-0.15, -0.1) is 11.8 Å². The van der Waals surface area contributed by atoms with Gasteiger partial charge in [-0.2, -0.15) is 0 Å². The molecule has 49 heavy (non-hydrogen) atoms. The van der Waals surface area contributed by atoms with Gasteiger partial charge in [-0.05, 0) is 85.5 Å². The van der Waals surface area contributed by atoms with Crippen LogP contribution < -0.4 is 20.7 Å². The van der Waals surface area contributed by atoms with E-state index in [1.54, 1.807) is 42.5 Å². The monoisotopic (exact) mass is 669 g/mol. The summed E-state index contributed by atoms with van der Waals surface area (Å²) in [7, 11) is 0. The van der Waals surface area contributed by atoms with Crippen molar-refractivity contribution in [1.82, 2.24) is 5.32 Å². The third-order valence-electron chi connectivity index (χ3n) is 7.74. The lowest BCUT2D eigenvalue weighted by Crippen LogP contribution is -2.30. The number of thioether (sulfide) groups is 1. The summed E-state index contributed by atoms with van der Waals surface area (Å²) in [5.74, 6) is -0.433. The number of anilines is 2. The molecule has 248 valence electrons. The average molecular weight is 670 g/mol. The smallest absolute Gasteiger partial charge is 0.272 e. The van der Waals surface area contributed by atoms with E-state index in [4.69, 9.17) is 4.74 Å². The highest BCUT2D eigenvalue weighted by Crippen LogP contribution is 2.37. The molecule has 0 spiro atoms. The lowest BCUT2D eigenvalue weighted by molar-refractivity contribution is -0.116. The van der Waals surface area contributed by atoms with Gasteiger partial charge in [0.1, 0.15) is 16.7 Å². The van der Waals surface area contributed by atoms with Crippen LogP contribution in [-0.4, -0.2) is 24.3 Å². The van der Waals surface area contributed by atoms with Crippen molar-refractivity contribution >= 4 is 46.9 Å². The Labute approximate surface area is 291 Å². The second kappa shape index (κ2) is 17.0. The fraction of sp³-hybridized carbons (Fsp3) is 0.146. The Morgan fingerprint density at radius 2 is 1.43 bits per heavy atom. The summed E-state index contributed by atoms with van der Waals surface area (Å²) in [4.78, 5) is 41.4. The molecule has 0 bridgehead atoms. The van der Waals surface area contributed by atoms with E-state index in [9.17, 15) is 14.4 Å². The van der Waals surface area contributed by atoms with Crippen LogP contribution in [0.2, 0.25) is 0 Å². The first-order chi connectivity index (χ1) is 23.9. The number of rotatable bonds is 13. The maximum Gasteiger partial charge on any atom is 0.272 e. The van der Waals surface area contributed by atoms with Crippen molar-refractivity contribution in [3.05, 3.63) is 161 Å². The minimum absolute atomic E-state index is 0.0583. The highest BCUT2D eigenvalue weighted by atomic mass is 32.2. The van der Waals surface area contributed by atoms with Crippen LogP contribution in [0.25, 0.3) is 6.08 Å². The zero-order valence-electron chi connectivity index (χ0n) is 27.7. The molecule has 0 aliphatic carbocycles. The van der Waals surface area contributed by atoms with E-state index in [2.05, 4.69) is 22.9 Å². The summed E-state index contributed by atoms with van der Waals surface area (Å²) in [5.41, 5.74) is 5.48. The normalized spacial score (nSPS) is 11.7. The fourth-order valence-corrected chi connectivity index (χ4v) is 6.25. The van der Waals surface area contributed by atoms with Gasteiger partial charge in [-0.1, -0.05) is 91.9 Å². The van der Waals surface area contributed by atoms with Crippen molar-refractivity contribution in [2.24, 2.45) is 0 Å². The van der Waals surface area contributed by atoms with Crippen molar-refractivity contribution in [2.75, 3.05) is 17.2 Å². The molecule has 5 aromatic carbocycles. The first kappa shape index (κ1) is 34.7. The number of hydrogen-bond donors (Lipinski definition) is 3. The molecule has 0 saturated carbocycles. The van der Waals surface area contributed by atoms with Gasteiger partial charge in [-0.25, -0.2) is 0 Å². The summed E-state index contributed by atoms with van der Waals surface area (Å²) >= 11 is 1.43. The quantitative estimate of drug-likeness (QED) is 0.0860. The SMILES string of the molecule is CCOc1ccccc1/C=C(\NC(=O)c1ccccc1)C(=O)Nc1ccc(SC(C(=O)Nc2c(C)cccc2CC)c2ccccc2)cc1. The largest absolute Gasteiger partial charge is 0.493 e. The van der Waals surface area contributed by atoms with Gasteiger partial charge in [-0.3, -0.25) is 14.4 Å². The number of hydrogen-bond acceptors (Lipinski definition) is 5. The Bertz CT molecular complexity index is 1930. The van der Waals surface area contributed by atoms with E-state index in [1.807, 2.05) is 105 Å². The highest BCUT2D eigenvalue weighted by molar-refractivity contribution is 8.00. The van der Waals surface area contributed by atoms with Gasteiger partial charge >= 0.3 is 0 Å². The highest BCUT2D eigenvalue weighted by Gasteiger charge is 2.24. The maximum absolute atomic E-state index is 13.8. The zero-order chi connectivity index (χ0) is 34.6. The topological polar surface area (TPSA) is 96.5 Å². The first-order valence-electron chi connectivity index (χ1n) is 16.2. The molecule has 3 amide bonds. The van der Waals surface area contributed by atoms with Crippen LogP contribution in [0.15, 0.2) is 138 Å². The minimum atomic E-state index is -0.515. The standard InChI is InChI=1S/C41H39N3O4S/c1-4-29-21-14-15-28(3)37(29)44-41(47)38(30-16-8-6-9-17-30)49-34-25-23-33(24-26-34)42-40(46)35(43-39(45)31-18-10-7-11-19-31)27-32-20-12-13-22-36(32)48-5-2/h6-27,38H,4-5H2,1-3H3,(H,42,46)(H,43,45)(H,44,47)/b35-27-. The molecule has 0 saturated heterocycles. The number of benzene rings is 5. The Morgan fingerprint density at radius 1 is 0.755 bits per heavy atom. The van der Waals surface area contributed by atoms with E-state index >= 15 is 0 Å². The Morgan fingerprint density at radius 3 is 2.12 bits per heavy atom. The van der Waals surface area contributed by atoms with Gasteiger partial charge in [0.05, 0.1) is 6.61 Å². The maximum atomic E-state index is 13.8. The molecular weight excluding hydrogens is 631 g/mol. The van der Waals surface area contributed by atoms with Crippen LogP contribution in [0.3, 0.4) is 0 Å². The number of ether oxygens (including phenoxy) is 1. The van der Waals surface area contributed by atoms with E-state index in [1.165, 1.54) is 11.8 Å². The summed E-state index contributed by atoms with van der Waals surface area (Å²) in [6.07, 6.45) is 2.41. The lowest BCUT2D eigenvalue weighted by atomic mass is 10.1. The molecule has 5 aromatic rings. The summed E-state index contributed by atoms with van der Waals surface area (Å²) < 4.78 is 5.75. The number of amides is 3. The van der Waals surface area contributed by atoms with E-state index in [0.29, 0.717) is 29.2 Å². The number of carbonyl (C=O) groups is 3. The van der Waals surface area contributed by atoms with Crippen LogP contribution in [0.1, 0.15) is 51.7 Å². The minimum Gasteiger partial charge on any atom is -0.493 e. The molecule has 0 radical (unpaired) electrons. The summed E-state index contributed by atoms with van der Waals surface area (Å²) in [6.45, 7) is 6.40. The van der Waals surface area contributed by atoms with E-state index in [-0.39, 0.29) is 11.6 Å². The Hall–Kier alpha value is -5.60. The molecule has 8 heteroatoms. The van der Waals surface area contributed by atoms with Crippen LogP contribution >= 0.6 is 11.8 Å². The number of aryl methyl sites for hydroxylation is 2. The van der Waals surface area contributed by atoms with Gasteiger partial charge in [0, 0.05) is 27.4 Å². The van der Waals surface area contributed by atoms with Gasteiger partial charge in [0.25, 0.3) is 11.8 Å². The third-order valence-corrected chi connectivity index (χ3v) is 9.01. The predicted octanol–water partition coefficient (Wildman–Crippen LogP) is 8.84. The van der Waals surface area contributed by atoms with E-state index in [0.717, 1.165) is 33.7 Å². The second-order valence-electron chi connectivity index (χ2n) is 11.2. The first-order valence-corrected chi connectivity index (χ1v) is 17.1. The number of nitrogens with one attached hydrogen (secondary N) is 3. The van der Waals surface area contributed by atoms with Crippen LogP contribution in [0, 0.1) is 6.92 Å². The van der Waals surface area contributed by atoms with Crippen LogP contribution in [-0.2, 0) is 16.0 Å². The summed E-state index contributed by atoms with van der Waals surface area (Å²) in [5, 5.41) is 8.36. The molecule has 0 aliphatic heterocycles. The predicted molar refractivity (Wildman–Crippen MR) is 199 cm³/mol. The molecule has 1 atom stereocenters. The molecule has 3 N–H and O–H groups in total. The fourth-order valence-electron chi connectivity index (χ4n) is 5.23. The van der Waals surface area contributed by atoms with Crippen molar-refractivity contribution in [2.45, 2.75) is 37.3 Å². The third kappa shape index (κ3) is 9.27. The van der Waals surface area contributed by atoms with Crippen LogP contribution in [0.5, 0.6) is 5.75 Å². The van der Waals surface area contributed by atoms with Gasteiger partial charge < -0.3 is 20.7 Å². The van der Waals surface area contributed by atoms with Crippen LogP contribution in [0.4, 0.5) is 11.4 Å². The van der Waals surface area contributed by atoms with E-state index < -0.39 is 17.1 Å². The van der Waals surface area contributed by atoms with Crippen molar-refractivity contribution in [3.8, 4) is 5.75 Å². The number of carbonyl (C=O) groups excluding carboxylic acids is 3. The van der Waals surface area contributed by atoms with Gasteiger partial charge in [0.15, 0.2) is 0 Å². The Balaban J connectivity index is 1.36. The lowest BCUT2D eigenvalue weighted by Gasteiger charge is -2.20. The van der Waals surface area contributed by atoms with Crippen molar-refractivity contribution in [3.63, 3.8) is 0 Å². The number of para-hydroxylation sites is 2. The molecular formula is C41H39N3O4S. The van der Waals surface area contributed by atoms with Crippen molar-refractivity contribution in [1.29, 1.82) is 0 Å². The Kier molecular flexibility index (Phi) is 12.0. The second-order valence-corrected chi connectivity index (χ2v) is 12.4. The molecule has 0 fully saturated rings. The zero-order valence-corrected chi connectivity index (χ0v) is 28.6. The molecule has 0 heterocycles. The molecule has 7 nitrogen and oxygen atoms in total.